The second-order valence-electron chi connectivity index (χ2n) is 5.98. The molecule has 5 nitrogen and oxygen atoms in total. The summed E-state index contributed by atoms with van der Waals surface area (Å²) in [4.78, 5) is 8.32. The van der Waals surface area contributed by atoms with Crippen LogP contribution in [-0.4, -0.2) is 16.3 Å². The number of aromatic nitrogens is 2. The molecule has 3 rings (SSSR count). The van der Waals surface area contributed by atoms with Crippen molar-refractivity contribution in [3.8, 4) is 17.0 Å². The lowest BCUT2D eigenvalue weighted by atomic mass is 9.97. The molecular formula is C19H16ClF3N4O. The molecule has 0 spiro atoms. The van der Waals surface area contributed by atoms with Crippen molar-refractivity contribution in [1.82, 2.24) is 9.97 Å². The van der Waals surface area contributed by atoms with Gasteiger partial charge in [0.15, 0.2) is 0 Å². The number of halogens is 4. The summed E-state index contributed by atoms with van der Waals surface area (Å²) >= 11 is 5.91. The van der Waals surface area contributed by atoms with Crippen LogP contribution in [-0.2, 0) is 0 Å². The van der Waals surface area contributed by atoms with E-state index in [4.69, 9.17) is 23.1 Å². The van der Waals surface area contributed by atoms with Crippen LogP contribution in [0.1, 0.15) is 23.3 Å². The molecule has 0 aliphatic heterocycles. The zero-order chi connectivity index (χ0) is 20.3. The van der Waals surface area contributed by atoms with Gasteiger partial charge in [0.1, 0.15) is 12.1 Å². The van der Waals surface area contributed by atoms with Gasteiger partial charge in [0.2, 0.25) is 0 Å². The zero-order valence-corrected chi connectivity index (χ0v) is 15.2. The molecule has 0 aliphatic rings. The van der Waals surface area contributed by atoms with Crippen molar-refractivity contribution >= 4 is 11.6 Å². The van der Waals surface area contributed by atoms with Gasteiger partial charge in [0.25, 0.3) is 0 Å². The maximum Gasteiger partial charge on any atom is 0.573 e. The summed E-state index contributed by atoms with van der Waals surface area (Å²) in [7, 11) is 0. The van der Waals surface area contributed by atoms with Crippen LogP contribution in [0, 0.1) is 0 Å². The fraction of sp³-hybridized carbons (Fsp3) is 0.158. The van der Waals surface area contributed by atoms with Gasteiger partial charge in [-0.15, -0.1) is 13.2 Å². The fourth-order valence-corrected chi connectivity index (χ4v) is 2.87. The normalized spacial score (nSPS) is 13.8. The van der Waals surface area contributed by atoms with Gasteiger partial charge in [-0.25, -0.2) is 9.97 Å². The van der Waals surface area contributed by atoms with Crippen LogP contribution < -0.4 is 16.2 Å². The molecular weight excluding hydrogens is 393 g/mol. The first-order chi connectivity index (χ1) is 13.2. The van der Waals surface area contributed by atoms with E-state index in [-0.39, 0.29) is 5.02 Å². The first-order valence-corrected chi connectivity index (χ1v) is 8.56. The fourth-order valence-electron chi connectivity index (χ4n) is 2.65. The Kier molecular flexibility index (Phi) is 5.83. The molecule has 0 amide bonds. The first kappa shape index (κ1) is 20.1. The lowest BCUT2D eigenvalue weighted by molar-refractivity contribution is -0.274. The third-order valence-corrected chi connectivity index (χ3v) is 4.35. The highest BCUT2D eigenvalue weighted by atomic mass is 35.5. The van der Waals surface area contributed by atoms with E-state index in [1.807, 2.05) is 30.3 Å². The Bertz CT molecular complexity index is 953. The molecule has 0 radical (unpaired) electrons. The minimum atomic E-state index is -4.83. The van der Waals surface area contributed by atoms with Crippen LogP contribution in [0.15, 0.2) is 60.9 Å². The van der Waals surface area contributed by atoms with Crippen molar-refractivity contribution in [2.45, 2.75) is 18.4 Å². The highest BCUT2D eigenvalue weighted by Gasteiger charge is 2.32. The van der Waals surface area contributed by atoms with E-state index in [0.717, 1.165) is 11.6 Å². The lowest BCUT2D eigenvalue weighted by Crippen LogP contribution is -2.27. The molecule has 4 N–H and O–H groups in total. The van der Waals surface area contributed by atoms with Gasteiger partial charge < -0.3 is 16.2 Å². The summed E-state index contributed by atoms with van der Waals surface area (Å²) in [5.74, 6) is -0.491. The quantitative estimate of drug-likeness (QED) is 0.653. The third-order valence-electron chi connectivity index (χ3n) is 4.05. The molecule has 1 heterocycles. The number of nitrogens with two attached hydrogens (primary N) is 2. The van der Waals surface area contributed by atoms with Crippen LogP contribution in [0.4, 0.5) is 13.2 Å². The number of hydrogen-bond acceptors (Lipinski definition) is 5. The average Bonchev–Trinajstić information content (AvgIpc) is 2.68. The van der Waals surface area contributed by atoms with Crippen molar-refractivity contribution in [1.29, 1.82) is 0 Å². The number of alkyl halides is 3. The van der Waals surface area contributed by atoms with Crippen LogP contribution in [0.3, 0.4) is 0 Å². The molecule has 0 bridgehead atoms. The largest absolute Gasteiger partial charge is 0.573 e. The number of nitrogens with zero attached hydrogens (tertiary/aromatic N) is 2. The van der Waals surface area contributed by atoms with Crippen molar-refractivity contribution in [3.63, 3.8) is 0 Å². The number of ether oxygens (including phenoxy) is 1. The van der Waals surface area contributed by atoms with Gasteiger partial charge in [-0.1, -0.05) is 41.9 Å². The maximum absolute atomic E-state index is 12.4. The number of hydrogen-bond donors (Lipinski definition) is 2. The highest BCUT2D eigenvalue weighted by molar-refractivity contribution is 6.32. The third kappa shape index (κ3) is 4.78. The minimum absolute atomic E-state index is 0.194. The Labute approximate surface area is 164 Å². The van der Waals surface area contributed by atoms with E-state index in [1.54, 1.807) is 6.07 Å². The smallest absolute Gasteiger partial charge is 0.404 e. The van der Waals surface area contributed by atoms with Gasteiger partial charge in [-0.05, 0) is 29.8 Å². The molecule has 2 atom stereocenters. The first-order valence-electron chi connectivity index (χ1n) is 8.18. The van der Waals surface area contributed by atoms with Crippen molar-refractivity contribution in [2.75, 3.05) is 0 Å². The summed E-state index contributed by atoms with van der Waals surface area (Å²) < 4.78 is 41.0. The van der Waals surface area contributed by atoms with Crippen LogP contribution in [0.5, 0.6) is 5.75 Å². The Morgan fingerprint density at radius 2 is 1.64 bits per heavy atom. The molecule has 3 aromatic rings. The van der Waals surface area contributed by atoms with E-state index >= 15 is 0 Å². The molecule has 1 aromatic heterocycles. The monoisotopic (exact) mass is 408 g/mol. The van der Waals surface area contributed by atoms with Gasteiger partial charge in [-0.2, -0.15) is 0 Å². The Hall–Kier alpha value is -2.68. The minimum Gasteiger partial charge on any atom is -0.404 e. The summed E-state index contributed by atoms with van der Waals surface area (Å²) in [6, 6.07) is 13.7. The summed E-state index contributed by atoms with van der Waals surface area (Å²) in [5, 5.41) is -0.194. The highest BCUT2D eigenvalue weighted by Crippen LogP contribution is 2.34. The predicted octanol–water partition coefficient (Wildman–Crippen LogP) is 4.40. The van der Waals surface area contributed by atoms with Crippen molar-refractivity contribution in [2.24, 2.45) is 11.5 Å². The van der Waals surface area contributed by atoms with E-state index < -0.39 is 24.2 Å². The van der Waals surface area contributed by atoms with Gasteiger partial charge in [0, 0.05) is 5.56 Å². The molecule has 0 saturated heterocycles. The van der Waals surface area contributed by atoms with E-state index in [0.29, 0.717) is 17.0 Å². The van der Waals surface area contributed by atoms with Crippen LogP contribution in [0.25, 0.3) is 11.3 Å². The second-order valence-corrected chi connectivity index (χ2v) is 6.39. The molecule has 0 fully saturated rings. The molecule has 0 saturated carbocycles. The number of benzene rings is 2. The Morgan fingerprint density at radius 1 is 0.929 bits per heavy atom. The topological polar surface area (TPSA) is 87.0 Å². The maximum atomic E-state index is 12.4. The molecule has 2 unspecified atom stereocenters. The van der Waals surface area contributed by atoms with E-state index in [2.05, 4.69) is 14.7 Å². The van der Waals surface area contributed by atoms with Crippen LogP contribution in [0.2, 0.25) is 5.02 Å². The van der Waals surface area contributed by atoms with E-state index in [9.17, 15) is 13.2 Å². The van der Waals surface area contributed by atoms with E-state index in [1.165, 1.54) is 18.5 Å². The van der Waals surface area contributed by atoms with Crippen molar-refractivity contribution < 1.29 is 17.9 Å². The summed E-state index contributed by atoms with van der Waals surface area (Å²) in [6.45, 7) is 0. The zero-order valence-electron chi connectivity index (χ0n) is 14.4. The van der Waals surface area contributed by atoms with Crippen molar-refractivity contribution in [3.05, 3.63) is 77.2 Å². The molecule has 2 aromatic carbocycles. The Morgan fingerprint density at radius 3 is 2.29 bits per heavy atom. The van der Waals surface area contributed by atoms with Crippen LogP contribution >= 0.6 is 11.6 Å². The van der Waals surface area contributed by atoms with Gasteiger partial charge in [-0.3, -0.25) is 0 Å². The molecule has 146 valence electrons. The average molecular weight is 409 g/mol. The molecule has 9 heteroatoms. The number of rotatable bonds is 5. The second kappa shape index (κ2) is 8.14. The standard InChI is InChI=1S/C19H16ClF3N4O/c20-13-8-12(6-7-16(13)28-19(21,22)23)14-9-15(27-10-26-14)18(25)17(24)11-4-2-1-3-5-11/h1-10,17-18H,24-25H2. The summed E-state index contributed by atoms with van der Waals surface area (Å²) in [6.07, 6.45) is -3.51. The molecule has 28 heavy (non-hydrogen) atoms. The Balaban J connectivity index is 1.86. The lowest BCUT2D eigenvalue weighted by Gasteiger charge is -2.20. The summed E-state index contributed by atoms with van der Waals surface area (Å²) in [5.41, 5.74) is 14.8. The van der Waals surface area contributed by atoms with Gasteiger partial charge in [0.05, 0.1) is 28.5 Å². The predicted molar refractivity (Wildman–Crippen MR) is 99.5 cm³/mol. The van der Waals surface area contributed by atoms with Gasteiger partial charge >= 0.3 is 6.36 Å². The SMILES string of the molecule is NC(c1ccccc1)C(N)c1cc(-c2ccc(OC(F)(F)F)c(Cl)c2)ncn1. The molecule has 0 aliphatic carbocycles.